The summed E-state index contributed by atoms with van der Waals surface area (Å²) < 4.78 is 17.3. The number of hydrogen-bond acceptors (Lipinski definition) is 3. The van der Waals surface area contributed by atoms with Crippen LogP contribution in [0.1, 0.15) is 32.3 Å². The van der Waals surface area contributed by atoms with Gasteiger partial charge in [-0.3, -0.25) is 0 Å². The Morgan fingerprint density at radius 1 is 1.53 bits per heavy atom. The van der Waals surface area contributed by atoms with Gasteiger partial charge in [0.2, 0.25) is 0 Å². The van der Waals surface area contributed by atoms with Crippen molar-refractivity contribution < 1.29 is 4.55 Å². The van der Waals surface area contributed by atoms with E-state index in [2.05, 4.69) is 9.38 Å². The van der Waals surface area contributed by atoms with E-state index in [1.54, 1.807) is 12.4 Å². The summed E-state index contributed by atoms with van der Waals surface area (Å²) in [6, 6.07) is 0. The van der Waals surface area contributed by atoms with Gasteiger partial charge in [-0.1, -0.05) is 4.40 Å². The summed E-state index contributed by atoms with van der Waals surface area (Å²) in [7, 11) is 1.91. The van der Waals surface area contributed by atoms with Gasteiger partial charge in [0.25, 0.3) is 0 Å². The minimum absolute atomic E-state index is 0.315. The maximum atomic E-state index is 11.6. The van der Waals surface area contributed by atoms with Crippen molar-refractivity contribution in [1.29, 1.82) is 0 Å². The van der Waals surface area contributed by atoms with Crippen molar-refractivity contribution in [3.8, 4) is 0 Å². The summed E-state index contributed by atoms with van der Waals surface area (Å²) in [4.78, 5) is 4.13. The first-order valence-electron chi connectivity index (χ1n) is 4.77. The number of aromatic nitrogens is 2. The fourth-order valence-corrected chi connectivity index (χ4v) is 1.42. The van der Waals surface area contributed by atoms with Crippen molar-refractivity contribution in [2.75, 3.05) is 0 Å². The molecule has 5 heteroatoms. The molecule has 84 valence electrons. The molecule has 0 aliphatic carbocycles. The van der Waals surface area contributed by atoms with Gasteiger partial charge in [-0.15, -0.1) is 0 Å². The monoisotopic (exact) mass is 227 g/mol. The van der Waals surface area contributed by atoms with Crippen LogP contribution in [0, 0.1) is 6.92 Å². The van der Waals surface area contributed by atoms with E-state index in [0.717, 1.165) is 11.5 Å². The second-order valence-electron chi connectivity index (χ2n) is 4.39. The zero-order valence-electron chi connectivity index (χ0n) is 9.81. The first-order valence-corrected chi connectivity index (χ1v) is 5.87. The molecule has 1 aromatic rings. The van der Waals surface area contributed by atoms with Gasteiger partial charge in [0.1, 0.15) is 28.1 Å². The van der Waals surface area contributed by atoms with Crippen molar-refractivity contribution in [2.45, 2.75) is 32.4 Å². The molecule has 4 nitrogen and oxygen atoms in total. The van der Waals surface area contributed by atoms with Crippen LogP contribution in [-0.2, 0) is 18.4 Å². The van der Waals surface area contributed by atoms with E-state index < -0.39 is 11.4 Å². The van der Waals surface area contributed by atoms with Crippen LogP contribution in [0.5, 0.6) is 0 Å². The molecular formula is C10H17N3OS. The minimum Gasteiger partial charge on any atom is -0.591 e. The van der Waals surface area contributed by atoms with Crippen molar-refractivity contribution in [3.05, 3.63) is 17.7 Å². The van der Waals surface area contributed by atoms with Gasteiger partial charge in [-0.25, -0.2) is 4.98 Å². The SMILES string of the molecule is Cc1ncc(C=N[S+]([O-])C(C)(C)C)n1C. The van der Waals surface area contributed by atoms with Crippen LogP contribution in [0.15, 0.2) is 10.6 Å². The highest BCUT2D eigenvalue weighted by molar-refractivity contribution is 7.91. The topological polar surface area (TPSA) is 53.2 Å². The Labute approximate surface area is 93.7 Å². The second-order valence-corrected chi connectivity index (χ2v) is 6.32. The van der Waals surface area contributed by atoms with E-state index in [0.29, 0.717) is 0 Å². The molecule has 1 rings (SSSR count). The third-order valence-electron chi connectivity index (χ3n) is 2.06. The Kier molecular flexibility index (Phi) is 3.57. The normalized spacial score (nSPS) is 14.8. The van der Waals surface area contributed by atoms with Crippen LogP contribution in [0.25, 0.3) is 0 Å². The molecule has 0 radical (unpaired) electrons. The van der Waals surface area contributed by atoms with Gasteiger partial charge < -0.3 is 9.12 Å². The van der Waals surface area contributed by atoms with E-state index in [9.17, 15) is 4.55 Å². The Morgan fingerprint density at radius 3 is 2.53 bits per heavy atom. The van der Waals surface area contributed by atoms with Gasteiger partial charge in [0.15, 0.2) is 0 Å². The lowest BCUT2D eigenvalue weighted by Crippen LogP contribution is -2.25. The van der Waals surface area contributed by atoms with E-state index in [1.807, 2.05) is 39.3 Å². The molecule has 1 atom stereocenters. The Morgan fingerprint density at radius 2 is 2.13 bits per heavy atom. The highest BCUT2D eigenvalue weighted by Crippen LogP contribution is 2.16. The van der Waals surface area contributed by atoms with Crippen LogP contribution in [0.3, 0.4) is 0 Å². The minimum atomic E-state index is -1.21. The zero-order valence-corrected chi connectivity index (χ0v) is 10.6. The smallest absolute Gasteiger partial charge is 0.144 e. The van der Waals surface area contributed by atoms with Crippen LogP contribution >= 0.6 is 0 Å². The molecule has 0 saturated heterocycles. The van der Waals surface area contributed by atoms with Crippen LogP contribution in [-0.4, -0.2) is 25.1 Å². The average Bonchev–Trinajstić information content (AvgIpc) is 2.43. The number of hydrogen-bond donors (Lipinski definition) is 0. The van der Waals surface area contributed by atoms with Crippen molar-refractivity contribution >= 4 is 17.6 Å². The lowest BCUT2D eigenvalue weighted by atomic mass is 10.3. The van der Waals surface area contributed by atoms with Crippen LogP contribution in [0.4, 0.5) is 0 Å². The van der Waals surface area contributed by atoms with Gasteiger partial charge in [-0.05, 0) is 27.7 Å². The molecule has 0 aliphatic rings. The Hall–Kier alpha value is -0.810. The molecule has 0 N–H and O–H groups in total. The van der Waals surface area contributed by atoms with Gasteiger partial charge in [0.05, 0.1) is 11.9 Å². The van der Waals surface area contributed by atoms with Crippen molar-refractivity contribution in [3.63, 3.8) is 0 Å². The third kappa shape index (κ3) is 3.07. The van der Waals surface area contributed by atoms with E-state index in [4.69, 9.17) is 0 Å². The molecule has 0 spiro atoms. The molecule has 15 heavy (non-hydrogen) atoms. The molecule has 1 heterocycles. The van der Waals surface area contributed by atoms with E-state index in [-0.39, 0.29) is 4.75 Å². The van der Waals surface area contributed by atoms with Gasteiger partial charge in [0, 0.05) is 7.05 Å². The quantitative estimate of drug-likeness (QED) is 0.569. The van der Waals surface area contributed by atoms with Gasteiger partial charge in [-0.2, -0.15) is 0 Å². The maximum Gasteiger partial charge on any atom is 0.144 e. The highest BCUT2D eigenvalue weighted by atomic mass is 32.2. The van der Waals surface area contributed by atoms with Gasteiger partial charge >= 0.3 is 0 Å². The molecule has 0 bridgehead atoms. The summed E-state index contributed by atoms with van der Waals surface area (Å²) in [5, 5.41) is 0. The Bertz CT molecular complexity index is 365. The summed E-state index contributed by atoms with van der Waals surface area (Å²) in [5.74, 6) is 0.915. The molecule has 1 aromatic heterocycles. The number of nitrogens with zero attached hydrogens (tertiary/aromatic N) is 3. The molecule has 0 aromatic carbocycles. The predicted molar refractivity (Wildman–Crippen MR) is 63.4 cm³/mol. The summed E-state index contributed by atoms with van der Waals surface area (Å²) >= 11 is -1.21. The average molecular weight is 227 g/mol. The molecule has 0 fully saturated rings. The summed E-state index contributed by atoms with van der Waals surface area (Å²) in [6.45, 7) is 7.61. The summed E-state index contributed by atoms with van der Waals surface area (Å²) in [6.07, 6.45) is 3.33. The first-order chi connectivity index (χ1) is 6.82. The largest absolute Gasteiger partial charge is 0.591 e. The van der Waals surface area contributed by atoms with E-state index >= 15 is 0 Å². The number of aryl methyl sites for hydroxylation is 1. The van der Waals surface area contributed by atoms with Crippen LogP contribution in [0.2, 0.25) is 0 Å². The number of rotatable bonds is 2. The molecule has 0 saturated carbocycles. The number of imidazole rings is 1. The third-order valence-corrected chi connectivity index (χ3v) is 3.41. The zero-order chi connectivity index (χ0) is 11.6. The van der Waals surface area contributed by atoms with Crippen molar-refractivity contribution in [1.82, 2.24) is 9.55 Å². The van der Waals surface area contributed by atoms with Crippen LogP contribution < -0.4 is 0 Å². The lowest BCUT2D eigenvalue weighted by Gasteiger charge is -2.17. The highest BCUT2D eigenvalue weighted by Gasteiger charge is 2.25. The molecule has 0 aliphatic heterocycles. The maximum absolute atomic E-state index is 11.6. The summed E-state index contributed by atoms with van der Waals surface area (Å²) in [5.41, 5.74) is 0.866. The second kappa shape index (κ2) is 4.37. The lowest BCUT2D eigenvalue weighted by molar-refractivity contribution is 0.561. The molecule has 0 amide bonds. The molecular weight excluding hydrogens is 210 g/mol. The predicted octanol–water partition coefficient (Wildman–Crippen LogP) is 1.61. The molecule has 1 unspecified atom stereocenters. The standard InChI is InChI=1S/C10H17N3OS/c1-8-11-6-9(13(8)5)7-12-15(14)10(2,3)4/h6-7H,1-5H3. The van der Waals surface area contributed by atoms with E-state index in [1.165, 1.54) is 0 Å². The fraction of sp³-hybridized carbons (Fsp3) is 0.600. The Balaban J connectivity index is 2.78. The van der Waals surface area contributed by atoms with Crippen molar-refractivity contribution in [2.24, 2.45) is 11.4 Å². The first kappa shape index (κ1) is 12.3. The fourth-order valence-electron chi connectivity index (χ4n) is 0.900.